The molecule has 1 saturated carbocycles. The lowest BCUT2D eigenvalue weighted by molar-refractivity contribution is -0.123. The Hall–Kier alpha value is -0.720. The number of hydrogen-bond acceptors (Lipinski definition) is 5. The molecular weight excluding hydrogens is 368 g/mol. The fourth-order valence-corrected chi connectivity index (χ4v) is 5.32. The number of epoxide rings is 2. The molecule has 3 radical (unpaired) electrons. The summed E-state index contributed by atoms with van der Waals surface area (Å²) in [6.45, 7) is 11.0. The summed E-state index contributed by atoms with van der Waals surface area (Å²) in [4.78, 5) is 14.3. The topological polar surface area (TPSA) is 63.8 Å². The second kappa shape index (κ2) is 7.76. The molecule has 3 heterocycles. The number of nitrogens with zero attached hydrogens (tertiary/aromatic N) is 1. The lowest BCUT2D eigenvalue weighted by Gasteiger charge is -2.44. The first-order valence-corrected chi connectivity index (χ1v) is 11.1. The summed E-state index contributed by atoms with van der Waals surface area (Å²) in [6.07, 6.45) is 2.09. The zero-order valence-corrected chi connectivity index (χ0v) is 18.4. The molecule has 3 saturated heterocycles. The Bertz CT molecular complexity index is 624. The molecule has 4 rings (SSSR count). The molecule has 1 aliphatic carbocycles. The Balaban J connectivity index is 1.44. The fourth-order valence-electron chi connectivity index (χ4n) is 5.32. The minimum Gasteiger partial charge on any atom is -0.443 e. The molecule has 0 aromatic rings. The largest absolute Gasteiger partial charge is 0.443 e. The number of carbonyl (C=O) groups excluding carboxylic acids is 1. The molecule has 7 atom stereocenters. The van der Waals surface area contributed by atoms with Crippen molar-refractivity contribution in [3.8, 4) is 0 Å². The Morgan fingerprint density at radius 3 is 2.59 bits per heavy atom. The van der Waals surface area contributed by atoms with E-state index in [1.54, 1.807) is 19.2 Å². The van der Waals surface area contributed by atoms with Crippen LogP contribution in [0.3, 0.4) is 0 Å². The highest BCUT2D eigenvalue weighted by molar-refractivity contribution is 6.90. The Morgan fingerprint density at radius 2 is 2.03 bits per heavy atom. The first kappa shape index (κ1) is 21.5. The summed E-state index contributed by atoms with van der Waals surface area (Å²) >= 11 is 0. The lowest BCUT2D eigenvalue weighted by atomic mass is 9.45. The van der Waals surface area contributed by atoms with Gasteiger partial charge in [0.05, 0.1) is 25.8 Å². The standard InChI is InChI=1S/C21H34B2NO5/c1-12(2)13(3)8-16-20(4,29-16)18-17(26-5)15(6-7-21(18)11-27-21)28-19(25)24-9-14(10-24)23-22/h12-18H,6-11H2,1-5H3. The number of ether oxygens (including phenoxy) is 4. The second-order valence-electron chi connectivity index (χ2n) is 10.1. The highest BCUT2D eigenvalue weighted by Crippen LogP contribution is 2.60. The SMILES string of the molecule is [B][B]C1CN(C(=O)OC2CCC3(CO3)C(C3(C)OC3CC(C)C(C)C)C2OC)C1. The molecule has 4 fully saturated rings. The van der Waals surface area contributed by atoms with Gasteiger partial charge in [0.25, 0.3) is 0 Å². The van der Waals surface area contributed by atoms with Crippen molar-refractivity contribution < 1.29 is 23.7 Å². The summed E-state index contributed by atoms with van der Waals surface area (Å²) in [5.74, 6) is 1.55. The van der Waals surface area contributed by atoms with Crippen LogP contribution in [0.4, 0.5) is 4.79 Å². The van der Waals surface area contributed by atoms with Crippen molar-refractivity contribution in [3.63, 3.8) is 0 Å². The number of likely N-dealkylation sites (tertiary alicyclic amines) is 1. The molecule has 0 N–H and O–H groups in total. The molecule has 8 heteroatoms. The van der Waals surface area contributed by atoms with E-state index in [0.717, 1.165) is 25.9 Å². The molecule has 0 aromatic heterocycles. The van der Waals surface area contributed by atoms with Crippen LogP contribution in [0.2, 0.25) is 5.82 Å². The van der Waals surface area contributed by atoms with Crippen molar-refractivity contribution in [2.24, 2.45) is 17.8 Å². The van der Waals surface area contributed by atoms with Crippen LogP contribution in [0.1, 0.15) is 47.0 Å². The van der Waals surface area contributed by atoms with Gasteiger partial charge in [0.15, 0.2) is 0 Å². The predicted octanol–water partition coefficient (Wildman–Crippen LogP) is 2.42. The molecule has 3 aliphatic heterocycles. The van der Waals surface area contributed by atoms with Gasteiger partial charge in [0, 0.05) is 27.9 Å². The Morgan fingerprint density at radius 1 is 1.34 bits per heavy atom. The molecule has 1 amide bonds. The molecule has 159 valence electrons. The second-order valence-corrected chi connectivity index (χ2v) is 10.1. The number of amides is 1. The number of hydrogen-bond donors (Lipinski definition) is 0. The third-order valence-electron chi connectivity index (χ3n) is 7.91. The maximum atomic E-state index is 12.6. The van der Waals surface area contributed by atoms with Gasteiger partial charge in [-0.1, -0.05) is 20.8 Å². The third kappa shape index (κ3) is 3.85. The van der Waals surface area contributed by atoms with E-state index in [9.17, 15) is 4.79 Å². The van der Waals surface area contributed by atoms with Crippen molar-refractivity contribution in [1.29, 1.82) is 0 Å². The first-order chi connectivity index (χ1) is 13.7. The van der Waals surface area contributed by atoms with Crippen LogP contribution >= 0.6 is 0 Å². The van der Waals surface area contributed by atoms with Gasteiger partial charge in [0.2, 0.25) is 0 Å². The average molecular weight is 402 g/mol. The van der Waals surface area contributed by atoms with Crippen LogP contribution in [0.15, 0.2) is 0 Å². The zero-order chi connectivity index (χ0) is 21.0. The van der Waals surface area contributed by atoms with Gasteiger partial charge in [-0.3, -0.25) is 0 Å². The molecule has 1 spiro atoms. The van der Waals surface area contributed by atoms with Gasteiger partial charge in [0.1, 0.15) is 23.4 Å². The van der Waals surface area contributed by atoms with Gasteiger partial charge in [-0.15, -0.1) is 0 Å². The molecule has 4 aliphatic rings. The number of carbonyl (C=O) groups is 1. The normalized spacial score (nSPS) is 42.5. The van der Waals surface area contributed by atoms with E-state index in [-0.39, 0.29) is 47.3 Å². The van der Waals surface area contributed by atoms with Crippen LogP contribution in [-0.4, -0.2) is 82.2 Å². The van der Waals surface area contributed by atoms with E-state index in [0.29, 0.717) is 24.9 Å². The highest BCUT2D eigenvalue weighted by Gasteiger charge is 2.72. The molecule has 6 nitrogen and oxygen atoms in total. The number of rotatable bonds is 7. The maximum absolute atomic E-state index is 12.6. The minimum absolute atomic E-state index is 0.0671. The van der Waals surface area contributed by atoms with E-state index in [1.165, 1.54) is 0 Å². The summed E-state index contributed by atoms with van der Waals surface area (Å²) in [7, 11) is 8.91. The van der Waals surface area contributed by atoms with Crippen molar-refractivity contribution in [2.45, 2.75) is 82.3 Å². The van der Waals surface area contributed by atoms with Crippen LogP contribution in [-0.2, 0) is 18.9 Å². The zero-order valence-electron chi connectivity index (χ0n) is 18.4. The molecular formula is C21H34B2NO5. The summed E-state index contributed by atoms with van der Waals surface area (Å²) in [5.41, 5.74) is -0.480. The summed E-state index contributed by atoms with van der Waals surface area (Å²) in [6, 6.07) is 0. The molecule has 0 bridgehead atoms. The van der Waals surface area contributed by atoms with E-state index in [2.05, 4.69) is 27.7 Å². The molecule has 7 unspecified atom stereocenters. The lowest BCUT2D eigenvalue weighted by Crippen LogP contribution is -2.57. The van der Waals surface area contributed by atoms with E-state index in [1.807, 2.05) is 0 Å². The monoisotopic (exact) mass is 402 g/mol. The fraction of sp³-hybridized carbons (Fsp3) is 0.952. The van der Waals surface area contributed by atoms with Crippen molar-refractivity contribution in [1.82, 2.24) is 4.90 Å². The van der Waals surface area contributed by atoms with Crippen LogP contribution < -0.4 is 0 Å². The van der Waals surface area contributed by atoms with Gasteiger partial charge in [-0.05, 0) is 43.8 Å². The van der Waals surface area contributed by atoms with E-state index >= 15 is 0 Å². The van der Waals surface area contributed by atoms with Crippen LogP contribution in [0.5, 0.6) is 0 Å². The van der Waals surface area contributed by atoms with Crippen molar-refractivity contribution in [3.05, 3.63) is 0 Å². The van der Waals surface area contributed by atoms with Gasteiger partial charge in [-0.25, -0.2) is 4.79 Å². The van der Waals surface area contributed by atoms with Crippen LogP contribution in [0.25, 0.3) is 0 Å². The maximum Gasteiger partial charge on any atom is 0.410 e. The van der Waals surface area contributed by atoms with Crippen molar-refractivity contribution >= 4 is 21.0 Å². The quantitative estimate of drug-likeness (QED) is 0.484. The Labute approximate surface area is 177 Å². The van der Waals surface area contributed by atoms with E-state index < -0.39 is 0 Å². The highest BCUT2D eigenvalue weighted by atomic mass is 16.6. The van der Waals surface area contributed by atoms with Gasteiger partial charge < -0.3 is 23.8 Å². The molecule has 0 aromatic carbocycles. The molecule has 29 heavy (non-hydrogen) atoms. The number of methoxy groups -OCH3 is 1. The average Bonchev–Trinajstić information content (AvgIpc) is 3.54. The smallest absolute Gasteiger partial charge is 0.410 e. The third-order valence-corrected chi connectivity index (χ3v) is 7.91. The first-order valence-electron chi connectivity index (χ1n) is 11.1. The van der Waals surface area contributed by atoms with E-state index in [4.69, 9.17) is 26.7 Å². The van der Waals surface area contributed by atoms with Gasteiger partial charge in [-0.2, -0.15) is 0 Å². The summed E-state index contributed by atoms with van der Waals surface area (Å²) < 4.78 is 24.2. The van der Waals surface area contributed by atoms with Crippen molar-refractivity contribution in [2.75, 3.05) is 26.8 Å². The predicted molar refractivity (Wildman–Crippen MR) is 111 cm³/mol. The summed E-state index contributed by atoms with van der Waals surface area (Å²) in [5, 5.41) is 0. The van der Waals surface area contributed by atoms with Gasteiger partial charge >= 0.3 is 6.09 Å². The minimum atomic E-state index is -0.290. The Kier molecular flexibility index (Phi) is 5.75. The van der Waals surface area contributed by atoms with Crippen LogP contribution in [0, 0.1) is 17.8 Å².